The van der Waals surface area contributed by atoms with Gasteiger partial charge in [0.15, 0.2) is 0 Å². The molecule has 2 N–H and O–H groups in total. The number of amides is 1. The van der Waals surface area contributed by atoms with E-state index < -0.39 is 47.4 Å². The predicted molar refractivity (Wildman–Crippen MR) is 112 cm³/mol. The van der Waals surface area contributed by atoms with Crippen LogP contribution in [0.3, 0.4) is 0 Å². The third kappa shape index (κ3) is 4.45. The molecule has 0 spiro atoms. The minimum Gasteiger partial charge on any atom is -0.496 e. The fraction of sp³-hybridized carbons (Fsp3) is 0.478. The molecule has 2 aromatic rings. The van der Waals surface area contributed by atoms with Crippen LogP contribution in [0, 0.1) is 11.7 Å². The standard InChI is InChI=1S/C23H27F3N2O4/c1-11-17(14-7-8-15(24)18(21(25)26)19(14)31-5)20(32-23(11,3)4)22(30)28-13-6-9-16(12(2)29)27-10-13/h6-12,17,20-21,29H,1-5H3,(H,28,30)/t11-,12-,17-,20+/m1/s1. The summed E-state index contributed by atoms with van der Waals surface area (Å²) in [5.41, 5.74) is -0.475. The average molecular weight is 452 g/mol. The van der Waals surface area contributed by atoms with Crippen LogP contribution in [-0.4, -0.2) is 34.8 Å². The molecule has 2 heterocycles. The number of ether oxygens (including phenoxy) is 2. The van der Waals surface area contributed by atoms with E-state index in [1.54, 1.807) is 32.9 Å². The number of alkyl halides is 2. The van der Waals surface area contributed by atoms with Gasteiger partial charge in [0.25, 0.3) is 12.3 Å². The number of anilines is 1. The molecule has 174 valence electrons. The lowest BCUT2D eigenvalue weighted by Crippen LogP contribution is -2.33. The second-order valence-electron chi connectivity index (χ2n) is 8.48. The Bertz CT molecular complexity index is 980. The molecule has 0 bridgehead atoms. The molecule has 0 unspecified atom stereocenters. The van der Waals surface area contributed by atoms with Gasteiger partial charge in [-0.3, -0.25) is 9.78 Å². The Morgan fingerprint density at radius 2 is 1.97 bits per heavy atom. The zero-order chi connectivity index (χ0) is 23.8. The van der Waals surface area contributed by atoms with Crippen LogP contribution in [0.5, 0.6) is 5.75 Å². The van der Waals surface area contributed by atoms with Crippen molar-refractivity contribution < 1.29 is 32.5 Å². The number of aliphatic hydroxyl groups is 1. The summed E-state index contributed by atoms with van der Waals surface area (Å²) in [6.07, 6.45) is -3.46. The van der Waals surface area contributed by atoms with Gasteiger partial charge in [0.2, 0.25) is 0 Å². The molecule has 32 heavy (non-hydrogen) atoms. The van der Waals surface area contributed by atoms with E-state index in [9.17, 15) is 23.1 Å². The summed E-state index contributed by atoms with van der Waals surface area (Å²) in [6, 6.07) is 5.51. The number of rotatable bonds is 6. The zero-order valence-corrected chi connectivity index (χ0v) is 18.5. The zero-order valence-electron chi connectivity index (χ0n) is 18.5. The highest BCUT2D eigenvalue weighted by atomic mass is 19.3. The molecule has 1 aliphatic rings. The van der Waals surface area contributed by atoms with Crippen molar-refractivity contribution in [2.75, 3.05) is 12.4 Å². The van der Waals surface area contributed by atoms with Crippen LogP contribution in [0.25, 0.3) is 0 Å². The van der Waals surface area contributed by atoms with E-state index in [0.717, 1.165) is 6.07 Å². The monoisotopic (exact) mass is 452 g/mol. The summed E-state index contributed by atoms with van der Waals surface area (Å²) in [7, 11) is 1.19. The number of halogens is 3. The first kappa shape index (κ1) is 24.0. The Hall–Kier alpha value is -2.65. The first-order valence-corrected chi connectivity index (χ1v) is 10.2. The van der Waals surface area contributed by atoms with Gasteiger partial charge in [0, 0.05) is 11.5 Å². The van der Waals surface area contributed by atoms with Crippen molar-refractivity contribution in [3.05, 3.63) is 53.1 Å². The molecule has 3 rings (SSSR count). The molecule has 1 fully saturated rings. The number of benzene rings is 1. The molecule has 1 saturated heterocycles. The number of aromatic nitrogens is 1. The fourth-order valence-electron chi connectivity index (χ4n) is 4.08. The SMILES string of the molecule is COc1c([C@@H]2[C@@H](C(=O)Nc3ccc([C@@H](C)O)nc3)OC(C)(C)[C@@H]2C)ccc(F)c1C(F)F. The lowest BCUT2D eigenvalue weighted by atomic mass is 9.77. The molecule has 0 saturated carbocycles. The van der Waals surface area contributed by atoms with Crippen LogP contribution in [0.2, 0.25) is 0 Å². The van der Waals surface area contributed by atoms with Crippen molar-refractivity contribution in [2.45, 2.75) is 57.8 Å². The lowest BCUT2D eigenvalue weighted by Gasteiger charge is -2.26. The van der Waals surface area contributed by atoms with Gasteiger partial charge in [0.1, 0.15) is 17.7 Å². The van der Waals surface area contributed by atoms with E-state index in [1.807, 2.05) is 6.92 Å². The normalized spacial score (nSPS) is 23.2. The van der Waals surface area contributed by atoms with Gasteiger partial charge in [-0.1, -0.05) is 13.0 Å². The first-order chi connectivity index (χ1) is 15.0. The van der Waals surface area contributed by atoms with Crippen molar-refractivity contribution in [1.29, 1.82) is 0 Å². The number of hydrogen-bond acceptors (Lipinski definition) is 5. The fourth-order valence-corrected chi connectivity index (χ4v) is 4.08. The Balaban J connectivity index is 1.99. The highest BCUT2D eigenvalue weighted by Crippen LogP contribution is 2.50. The van der Waals surface area contributed by atoms with Gasteiger partial charge in [-0.15, -0.1) is 0 Å². The summed E-state index contributed by atoms with van der Waals surface area (Å²) in [6.45, 7) is 7.04. The van der Waals surface area contributed by atoms with E-state index in [2.05, 4.69) is 10.3 Å². The molecular weight excluding hydrogens is 425 g/mol. The van der Waals surface area contributed by atoms with Gasteiger partial charge < -0.3 is 19.9 Å². The number of hydrogen-bond donors (Lipinski definition) is 2. The number of nitrogens with zero attached hydrogens (tertiary/aromatic N) is 1. The quantitative estimate of drug-likeness (QED) is 0.661. The minimum absolute atomic E-state index is 0.279. The topological polar surface area (TPSA) is 80.7 Å². The second-order valence-corrected chi connectivity index (χ2v) is 8.48. The van der Waals surface area contributed by atoms with Crippen LogP contribution in [0.15, 0.2) is 30.5 Å². The summed E-state index contributed by atoms with van der Waals surface area (Å²) in [5, 5.41) is 12.3. The smallest absolute Gasteiger partial charge is 0.270 e. The maximum atomic E-state index is 14.1. The number of aliphatic hydroxyl groups excluding tert-OH is 1. The van der Waals surface area contributed by atoms with Crippen molar-refractivity contribution in [2.24, 2.45) is 5.92 Å². The average Bonchev–Trinajstić information content (AvgIpc) is 2.97. The maximum absolute atomic E-state index is 14.1. The van der Waals surface area contributed by atoms with E-state index in [4.69, 9.17) is 9.47 Å². The largest absolute Gasteiger partial charge is 0.496 e. The number of carbonyl (C=O) groups is 1. The van der Waals surface area contributed by atoms with Crippen molar-refractivity contribution in [3.63, 3.8) is 0 Å². The van der Waals surface area contributed by atoms with Gasteiger partial charge in [-0.05, 0) is 44.9 Å². The first-order valence-electron chi connectivity index (χ1n) is 10.2. The van der Waals surface area contributed by atoms with Crippen LogP contribution in [0.4, 0.5) is 18.9 Å². The minimum atomic E-state index is -3.08. The van der Waals surface area contributed by atoms with E-state index in [-0.39, 0.29) is 17.2 Å². The lowest BCUT2D eigenvalue weighted by molar-refractivity contribution is -0.131. The number of nitrogens with one attached hydrogen (secondary N) is 1. The molecule has 9 heteroatoms. The van der Waals surface area contributed by atoms with E-state index in [1.165, 1.54) is 19.4 Å². The molecule has 6 nitrogen and oxygen atoms in total. The van der Waals surface area contributed by atoms with Crippen LogP contribution in [-0.2, 0) is 9.53 Å². The molecular formula is C23H27F3N2O4. The summed E-state index contributed by atoms with van der Waals surface area (Å²) in [4.78, 5) is 17.3. The highest BCUT2D eigenvalue weighted by molar-refractivity contribution is 5.95. The highest BCUT2D eigenvalue weighted by Gasteiger charge is 2.51. The predicted octanol–water partition coefficient (Wildman–Crippen LogP) is 4.76. The van der Waals surface area contributed by atoms with Crippen molar-refractivity contribution >= 4 is 11.6 Å². The number of methoxy groups -OCH3 is 1. The second kappa shape index (κ2) is 9.07. The third-order valence-electron chi connectivity index (χ3n) is 6.09. The summed E-state index contributed by atoms with van der Waals surface area (Å²) < 4.78 is 52.5. The molecule has 1 aliphatic heterocycles. The number of pyridine rings is 1. The van der Waals surface area contributed by atoms with Crippen molar-refractivity contribution in [1.82, 2.24) is 4.98 Å². The van der Waals surface area contributed by atoms with Crippen LogP contribution < -0.4 is 10.1 Å². The molecule has 1 aromatic carbocycles. The van der Waals surface area contributed by atoms with E-state index >= 15 is 0 Å². The molecule has 4 atom stereocenters. The van der Waals surface area contributed by atoms with Crippen molar-refractivity contribution in [3.8, 4) is 5.75 Å². The molecule has 0 radical (unpaired) electrons. The Labute approximate surface area is 184 Å². The van der Waals surface area contributed by atoms with Gasteiger partial charge in [-0.2, -0.15) is 0 Å². The third-order valence-corrected chi connectivity index (χ3v) is 6.09. The Kier molecular flexibility index (Phi) is 6.80. The molecule has 0 aliphatic carbocycles. The Morgan fingerprint density at radius 3 is 2.50 bits per heavy atom. The van der Waals surface area contributed by atoms with Crippen LogP contribution in [0.1, 0.15) is 63.0 Å². The molecule has 1 amide bonds. The summed E-state index contributed by atoms with van der Waals surface area (Å²) in [5.74, 6) is -2.79. The van der Waals surface area contributed by atoms with Gasteiger partial charge in [0.05, 0.1) is 42.0 Å². The number of carbonyl (C=O) groups excluding carboxylic acids is 1. The maximum Gasteiger partial charge on any atom is 0.270 e. The van der Waals surface area contributed by atoms with Gasteiger partial charge >= 0.3 is 0 Å². The van der Waals surface area contributed by atoms with Gasteiger partial charge in [-0.25, -0.2) is 13.2 Å². The molecule has 1 aromatic heterocycles. The van der Waals surface area contributed by atoms with E-state index in [0.29, 0.717) is 11.4 Å². The Morgan fingerprint density at radius 1 is 1.28 bits per heavy atom. The van der Waals surface area contributed by atoms with Crippen LogP contribution >= 0.6 is 0 Å². The summed E-state index contributed by atoms with van der Waals surface area (Å²) >= 11 is 0.